The average Bonchev–Trinajstić information content (AvgIpc) is 2.12. The largest absolute Gasteiger partial charge is 0.422 e. The number of benzene rings is 1. The van der Waals surface area contributed by atoms with Crippen LogP contribution in [0, 0.1) is 0 Å². The van der Waals surface area contributed by atoms with Gasteiger partial charge in [0.2, 0.25) is 0 Å². The first-order chi connectivity index (χ1) is 7.21. The van der Waals surface area contributed by atoms with Gasteiger partial charge in [0, 0.05) is 4.90 Å². The summed E-state index contributed by atoms with van der Waals surface area (Å²) in [7, 11) is -10.1. The summed E-state index contributed by atoms with van der Waals surface area (Å²) in [5.41, 5.74) is 0. The van der Waals surface area contributed by atoms with Crippen molar-refractivity contribution in [1.82, 2.24) is 3.85 Å². The van der Waals surface area contributed by atoms with Gasteiger partial charge in [0.15, 0.2) is 0 Å². The van der Waals surface area contributed by atoms with Gasteiger partial charge in [-0.25, -0.2) is 9.13 Å². The third-order valence-electron chi connectivity index (χ3n) is 1.38. The Kier molecular flexibility index (Phi) is 4.34. The molecule has 0 unspecified atom stereocenters. The molecule has 0 amide bonds. The van der Waals surface area contributed by atoms with Gasteiger partial charge in [-0.1, -0.05) is 18.2 Å². The Morgan fingerprint density at radius 3 is 1.75 bits per heavy atom. The molecule has 0 saturated heterocycles. The third-order valence-corrected chi connectivity index (χ3v) is 6.08. The van der Waals surface area contributed by atoms with Crippen molar-refractivity contribution in [1.29, 1.82) is 0 Å². The number of nitrogens with zero attached hydrogens (tertiary/aromatic N) is 1. The Hall–Kier alpha value is -0.170. The van der Waals surface area contributed by atoms with Gasteiger partial charge in [0.05, 0.1) is 0 Å². The molecule has 1 aromatic rings. The second kappa shape index (κ2) is 5.00. The van der Waals surface area contributed by atoms with Crippen molar-refractivity contribution >= 4 is 27.4 Å². The molecule has 16 heavy (non-hydrogen) atoms. The lowest BCUT2D eigenvalue weighted by Crippen LogP contribution is -2.08. The highest BCUT2D eigenvalue weighted by molar-refractivity contribution is 8.06. The summed E-state index contributed by atoms with van der Waals surface area (Å²) in [5.74, 6) is 0. The van der Waals surface area contributed by atoms with Crippen molar-refractivity contribution < 1.29 is 28.7 Å². The highest BCUT2D eigenvalue weighted by Gasteiger charge is 2.41. The standard InChI is InChI=1S/C6H9NO6P2S/c8-14(9,10)7(15(11,12)13)16-6-4-2-1-3-5-6/h1-5H,(H2,8,9,10)(H2,11,12,13). The zero-order chi connectivity index (χ0) is 12.4. The molecule has 7 nitrogen and oxygen atoms in total. The molecule has 90 valence electrons. The molecule has 0 aliphatic rings. The molecule has 0 aromatic heterocycles. The molecule has 0 atom stereocenters. The van der Waals surface area contributed by atoms with Crippen molar-refractivity contribution in [3.63, 3.8) is 0 Å². The molecule has 0 aliphatic heterocycles. The topological polar surface area (TPSA) is 118 Å². The monoisotopic (exact) mass is 285 g/mol. The SMILES string of the molecule is O=P(O)(O)N(Sc1ccccc1)P(=O)(O)O. The van der Waals surface area contributed by atoms with E-state index in [1.807, 2.05) is 0 Å². The smallest absolute Gasteiger partial charge is 0.311 e. The van der Waals surface area contributed by atoms with E-state index in [-0.39, 0.29) is 3.85 Å². The second-order valence-corrected chi connectivity index (χ2v) is 7.41. The lowest BCUT2D eigenvalue weighted by atomic mass is 10.4. The molecule has 0 heterocycles. The lowest BCUT2D eigenvalue weighted by molar-refractivity contribution is 0.310. The molecule has 1 aromatic carbocycles. The zero-order valence-corrected chi connectivity index (χ0v) is 10.3. The Bertz CT molecular complexity index is 420. The molecular formula is C6H9NO6P2S. The van der Waals surface area contributed by atoms with Crippen LogP contribution in [0.2, 0.25) is 0 Å². The normalized spacial score (nSPS) is 13.1. The predicted molar refractivity (Wildman–Crippen MR) is 58.2 cm³/mol. The van der Waals surface area contributed by atoms with Crippen molar-refractivity contribution in [2.45, 2.75) is 4.90 Å². The molecule has 10 heteroatoms. The predicted octanol–water partition coefficient (Wildman–Crippen LogP) is 1.18. The molecule has 1 rings (SSSR count). The fraction of sp³-hybridized carbons (Fsp3) is 0. The first-order valence-corrected chi connectivity index (χ1v) is 7.77. The number of rotatable bonds is 4. The minimum atomic E-state index is -5.03. The van der Waals surface area contributed by atoms with Crippen LogP contribution in [0.3, 0.4) is 0 Å². The molecule has 0 spiro atoms. The van der Waals surface area contributed by atoms with E-state index in [0.29, 0.717) is 16.8 Å². The van der Waals surface area contributed by atoms with E-state index in [2.05, 4.69) is 0 Å². The van der Waals surface area contributed by atoms with Gasteiger partial charge in [0.25, 0.3) is 0 Å². The highest BCUT2D eigenvalue weighted by atomic mass is 32.2. The Labute approximate surface area is 95.7 Å². The van der Waals surface area contributed by atoms with Gasteiger partial charge in [0.1, 0.15) is 0 Å². The number of hydrogen-bond acceptors (Lipinski definition) is 3. The number of hydrogen-bond donors (Lipinski definition) is 4. The van der Waals surface area contributed by atoms with Crippen LogP contribution < -0.4 is 0 Å². The summed E-state index contributed by atoms with van der Waals surface area (Å²) in [5, 5.41) is 0. The van der Waals surface area contributed by atoms with E-state index in [0.717, 1.165) is 0 Å². The van der Waals surface area contributed by atoms with Crippen LogP contribution in [0.25, 0.3) is 0 Å². The van der Waals surface area contributed by atoms with Crippen LogP contribution in [-0.4, -0.2) is 23.4 Å². The quantitative estimate of drug-likeness (QED) is 0.481. The molecule has 4 N–H and O–H groups in total. The summed E-state index contributed by atoms with van der Waals surface area (Å²) in [6, 6.07) is 7.79. The van der Waals surface area contributed by atoms with Crippen molar-refractivity contribution in [2.75, 3.05) is 0 Å². The maximum Gasteiger partial charge on any atom is 0.422 e. The maximum atomic E-state index is 10.9. The molecule has 0 aliphatic carbocycles. The highest BCUT2D eigenvalue weighted by Crippen LogP contribution is 2.63. The van der Waals surface area contributed by atoms with Crippen molar-refractivity contribution in [3.8, 4) is 0 Å². The van der Waals surface area contributed by atoms with E-state index in [1.54, 1.807) is 18.2 Å². The second-order valence-electron chi connectivity index (χ2n) is 2.68. The van der Waals surface area contributed by atoms with E-state index in [4.69, 9.17) is 19.6 Å². The Morgan fingerprint density at radius 1 is 0.938 bits per heavy atom. The van der Waals surface area contributed by atoms with E-state index in [1.165, 1.54) is 12.1 Å². The lowest BCUT2D eigenvalue weighted by Gasteiger charge is -2.21. The van der Waals surface area contributed by atoms with Gasteiger partial charge in [-0.3, -0.25) is 0 Å². The minimum Gasteiger partial charge on any atom is -0.311 e. The van der Waals surface area contributed by atoms with Crippen LogP contribution in [0.4, 0.5) is 0 Å². The first-order valence-electron chi connectivity index (χ1n) is 3.86. The van der Waals surface area contributed by atoms with Gasteiger partial charge < -0.3 is 19.6 Å². The molecule has 0 fully saturated rings. The van der Waals surface area contributed by atoms with E-state index < -0.39 is 15.5 Å². The van der Waals surface area contributed by atoms with Crippen LogP contribution in [0.15, 0.2) is 35.2 Å². The summed E-state index contributed by atoms with van der Waals surface area (Å²) in [6.07, 6.45) is 0. The molecule has 0 bridgehead atoms. The Balaban J connectivity index is 2.99. The summed E-state index contributed by atoms with van der Waals surface area (Å²) in [4.78, 5) is 35.5. The fourth-order valence-electron chi connectivity index (χ4n) is 0.834. The van der Waals surface area contributed by atoms with Gasteiger partial charge in [-0.2, -0.15) is 0 Å². The van der Waals surface area contributed by atoms with Crippen LogP contribution in [0.1, 0.15) is 0 Å². The Morgan fingerprint density at radius 2 is 1.38 bits per heavy atom. The van der Waals surface area contributed by atoms with Crippen LogP contribution in [0.5, 0.6) is 0 Å². The van der Waals surface area contributed by atoms with Gasteiger partial charge >= 0.3 is 15.5 Å². The maximum absolute atomic E-state index is 10.9. The average molecular weight is 285 g/mol. The van der Waals surface area contributed by atoms with Crippen LogP contribution in [-0.2, 0) is 9.13 Å². The summed E-state index contributed by atoms with van der Waals surface area (Å²) >= 11 is 0.310. The molecule has 0 saturated carbocycles. The first kappa shape index (κ1) is 13.9. The molecular weight excluding hydrogens is 276 g/mol. The van der Waals surface area contributed by atoms with E-state index in [9.17, 15) is 9.13 Å². The van der Waals surface area contributed by atoms with Gasteiger partial charge in [-0.05, 0) is 27.9 Å². The van der Waals surface area contributed by atoms with Gasteiger partial charge in [-0.15, -0.1) is 0 Å². The molecule has 0 radical (unpaired) electrons. The fourth-order valence-corrected chi connectivity index (χ4v) is 3.93. The summed E-state index contributed by atoms with van der Waals surface area (Å²) in [6.45, 7) is 0. The third kappa shape index (κ3) is 4.01. The van der Waals surface area contributed by atoms with Crippen LogP contribution >= 0.6 is 27.4 Å². The van der Waals surface area contributed by atoms with Crippen molar-refractivity contribution in [2.24, 2.45) is 0 Å². The summed E-state index contributed by atoms with van der Waals surface area (Å²) < 4.78 is 21.6. The zero-order valence-electron chi connectivity index (χ0n) is 7.74. The van der Waals surface area contributed by atoms with E-state index >= 15 is 0 Å². The van der Waals surface area contributed by atoms with Crippen molar-refractivity contribution in [3.05, 3.63) is 30.3 Å². The minimum absolute atomic E-state index is 0.213.